The normalized spacial score (nSPS) is 10.3. The average Bonchev–Trinajstić information content (AvgIpc) is 2.81. The van der Waals surface area contributed by atoms with Crippen molar-refractivity contribution in [3.63, 3.8) is 0 Å². The standard InChI is InChI=1S/C15H15ClO4.Na/c1-9(2)19-13-5-3-11(16)7-10(13)8-12-4-6-14(20-12)15(17)18;/h3-7,9H,8H2,1-2H3,(H,17,18);/q;+1/p-1. The predicted molar refractivity (Wildman–Crippen MR) is 73.1 cm³/mol. The van der Waals surface area contributed by atoms with Gasteiger partial charge in [-0.25, -0.2) is 0 Å². The second-order valence-corrected chi connectivity index (χ2v) is 5.09. The van der Waals surface area contributed by atoms with E-state index in [-0.39, 0.29) is 41.4 Å². The van der Waals surface area contributed by atoms with Gasteiger partial charge in [-0.2, -0.15) is 0 Å². The van der Waals surface area contributed by atoms with E-state index in [0.29, 0.717) is 23.0 Å². The van der Waals surface area contributed by atoms with Crippen LogP contribution in [0.4, 0.5) is 0 Å². The molecule has 0 fully saturated rings. The number of aromatic carboxylic acids is 1. The van der Waals surface area contributed by atoms with Crippen LogP contribution in [0, 0.1) is 0 Å². The quantitative estimate of drug-likeness (QED) is 0.709. The van der Waals surface area contributed by atoms with Crippen molar-refractivity contribution in [2.75, 3.05) is 0 Å². The van der Waals surface area contributed by atoms with Crippen LogP contribution in [0.5, 0.6) is 5.75 Å². The minimum Gasteiger partial charge on any atom is -0.542 e. The maximum atomic E-state index is 10.7. The first-order valence-electron chi connectivity index (χ1n) is 6.21. The molecule has 4 nitrogen and oxygen atoms in total. The first kappa shape index (κ1) is 18.1. The molecule has 1 heterocycles. The van der Waals surface area contributed by atoms with Crippen molar-refractivity contribution in [1.82, 2.24) is 0 Å². The Morgan fingerprint density at radius 1 is 1.33 bits per heavy atom. The van der Waals surface area contributed by atoms with Crippen LogP contribution in [-0.2, 0) is 6.42 Å². The second kappa shape index (κ2) is 7.90. The zero-order valence-electron chi connectivity index (χ0n) is 12.2. The summed E-state index contributed by atoms with van der Waals surface area (Å²) in [4.78, 5) is 10.7. The molecule has 0 saturated carbocycles. The van der Waals surface area contributed by atoms with Crippen LogP contribution in [-0.4, -0.2) is 12.1 Å². The van der Waals surface area contributed by atoms with E-state index in [0.717, 1.165) is 5.56 Å². The molecule has 0 aliphatic carbocycles. The number of carboxylic acids is 1. The molecule has 6 heteroatoms. The van der Waals surface area contributed by atoms with Gasteiger partial charge in [-0.15, -0.1) is 0 Å². The van der Waals surface area contributed by atoms with E-state index in [4.69, 9.17) is 20.8 Å². The number of carboxylic acid groups (broad SMARTS) is 1. The van der Waals surface area contributed by atoms with Gasteiger partial charge < -0.3 is 19.1 Å². The van der Waals surface area contributed by atoms with E-state index in [1.165, 1.54) is 6.07 Å². The largest absolute Gasteiger partial charge is 1.00 e. The van der Waals surface area contributed by atoms with Gasteiger partial charge in [0.15, 0.2) is 0 Å². The van der Waals surface area contributed by atoms with Crippen molar-refractivity contribution in [3.05, 3.63) is 52.4 Å². The molecule has 21 heavy (non-hydrogen) atoms. The van der Waals surface area contributed by atoms with Crippen LogP contribution in [0.2, 0.25) is 5.02 Å². The fraction of sp³-hybridized carbons (Fsp3) is 0.267. The van der Waals surface area contributed by atoms with Crippen LogP contribution in [0.25, 0.3) is 0 Å². The van der Waals surface area contributed by atoms with Crippen molar-refractivity contribution in [2.24, 2.45) is 0 Å². The van der Waals surface area contributed by atoms with Crippen LogP contribution in [0.1, 0.15) is 35.7 Å². The SMILES string of the molecule is CC(C)Oc1ccc(Cl)cc1Cc1ccc(C(=O)[O-])o1.[Na+]. The number of hydrogen-bond acceptors (Lipinski definition) is 4. The zero-order chi connectivity index (χ0) is 14.7. The number of hydrogen-bond donors (Lipinski definition) is 0. The maximum Gasteiger partial charge on any atom is 1.00 e. The Balaban J connectivity index is 0.00000220. The minimum atomic E-state index is -1.33. The summed E-state index contributed by atoms with van der Waals surface area (Å²) in [6.07, 6.45) is 0.431. The maximum absolute atomic E-state index is 10.7. The number of carbonyl (C=O) groups is 1. The summed E-state index contributed by atoms with van der Waals surface area (Å²) in [5.41, 5.74) is 0.838. The van der Waals surface area contributed by atoms with Gasteiger partial charge in [0.2, 0.25) is 0 Å². The van der Waals surface area contributed by atoms with Crippen LogP contribution in [0.15, 0.2) is 34.7 Å². The van der Waals surface area contributed by atoms with Gasteiger partial charge in [-0.3, -0.25) is 0 Å². The molecule has 0 aliphatic heterocycles. The number of furan rings is 1. The van der Waals surface area contributed by atoms with Gasteiger partial charge in [-0.05, 0) is 44.2 Å². The Bertz CT molecular complexity index is 622. The van der Waals surface area contributed by atoms with E-state index in [9.17, 15) is 9.90 Å². The first-order chi connectivity index (χ1) is 9.45. The molecular weight excluding hydrogens is 303 g/mol. The number of carbonyl (C=O) groups excluding carboxylic acids is 1. The van der Waals surface area contributed by atoms with Crippen molar-refractivity contribution in [2.45, 2.75) is 26.4 Å². The van der Waals surface area contributed by atoms with Gasteiger partial charge in [0.05, 0.1) is 6.10 Å². The van der Waals surface area contributed by atoms with Crippen LogP contribution < -0.4 is 39.4 Å². The van der Waals surface area contributed by atoms with Crippen molar-refractivity contribution < 1.29 is 48.6 Å². The number of rotatable bonds is 5. The fourth-order valence-electron chi connectivity index (χ4n) is 1.83. The minimum absolute atomic E-state index is 0. The Hall–Kier alpha value is -0.940. The second-order valence-electron chi connectivity index (χ2n) is 4.65. The third-order valence-electron chi connectivity index (χ3n) is 2.61. The number of benzene rings is 1. The van der Waals surface area contributed by atoms with E-state index < -0.39 is 5.97 Å². The third-order valence-corrected chi connectivity index (χ3v) is 2.85. The summed E-state index contributed by atoms with van der Waals surface area (Å²) < 4.78 is 10.9. The molecule has 0 N–H and O–H groups in total. The Morgan fingerprint density at radius 2 is 2.05 bits per heavy atom. The van der Waals surface area contributed by atoms with Gasteiger partial charge in [-0.1, -0.05) is 11.6 Å². The monoisotopic (exact) mass is 316 g/mol. The molecule has 0 aliphatic rings. The van der Waals surface area contributed by atoms with Gasteiger partial charge in [0.25, 0.3) is 0 Å². The summed E-state index contributed by atoms with van der Waals surface area (Å²) in [5, 5.41) is 11.3. The molecule has 0 unspecified atom stereocenters. The van der Waals surface area contributed by atoms with E-state index in [2.05, 4.69) is 0 Å². The topological polar surface area (TPSA) is 62.5 Å². The fourth-order valence-corrected chi connectivity index (χ4v) is 2.02. The first-order valence-corrected chi connectivity index (χ1v) is 6.58. The molecule has 2 rings (SSSR count). The predicted octanol–water partition coefficient (Wildman–Crippen LogP) is -0.322. The molecule has 2 aromatic rings. The summed E-state index contributed by atoms with van der Waals surface area (Å²) in [6.45, 7) is 3.86. The molecule has 1 aromatic carbocycles. The van der Waals surface area contributed by atoms with E-state index in [1.54, 1.807) is 24.3 Å². The van der Waals surface area contributed by atoms with Gasteiger partial charge in [0, 0.05) is 17.0 Å². The Kier molecular flexibility index (Phi) is 6.81. The van der Waals surface area contributed by atoms with Crippen molar-refractivity contribution in [1.29, 1.82) is 0 Å². The van der Waals surface area contributed by atoms with Crippen LogP contribution in [0.3, 0.4) is 0 Å². The molecule has 1 aromatic heterocycles. The average molecular weight is 317 g/mol. The zero-order valence-corrected chi connectivity index (χ0v) is 14.9. The number of ether oxygens (including phenoxy) is 1. The summed E-state index contributed by atoms with van der Waals surface area (Å²) in [5.74, 6) is -0.301. The molecule has 106 valence electrons. The molecule has 0 atom stereocenters. The molecule has 0 bridgehead atoms. The summed E-state index contributed by atoms with van der Waals surface area (Å²) in [7, 11) is 0. The Labute approximate surface area is 150 Å². The van der Waals surface area contributed by atoms with Gasteiger partial charge >= 0.3 is 29.6 Å². The summed E-state index contributed by atoms with van der Waals surface area (Å²) >= 11 is 5.98. The smallest absolute Gasteiger partial charge is 0.542 e. The molecule has 0 radical (unpaired) electrons. The van der Waals surface area contributed by atoms with Crippen molar-refractivity contribution in [3.8, 4) is 5.75 Å². The van der Waals surface area contributed by atoms with E-state index >= 15 is 0 Å². The Morgan fingerprint density at radius 3 is 2.62 bits per heavy atom. The van der Waals surface area contributed by atoms with Crippen LogP contribution >= 0.6 is 11.6 Å². The van der Waals surface area contributed by atoms with Crippen molar-refractivity contribution >= 4 is 17.6 Å². The molecule has 0 amide bonds. The van der Waals surface area contributed by atoms with E-state index in [1.807, 2.05) is 13.8 Å². The molecule has 0 saturated heterocycles. The number of halogens is 1. The summed E-state index contributed by atoms with van der Waals surface area (Å²) in [6, 6.07) is 8.29. The molecular formula is C15H14ClNaO4. The molecule has 0 spiro atoms. The third kappa shape index (κ3) is 5.08. The van der Waals surface area contributed by atoms with Gasteiger partial charge in [0.1, 0.15) is 23.2 Å².